The topological polar surface area (TPSA) is 115 Å². The van der Waals surface area contributed by atoms with Gasteiger partial charge in [0.15, 0.2) is 9.84 Å². The molecule has 0 fully saturated rings. The first-order valence-electron chi connectivity index (χ1n) is 7.45. The molecule has 3 aromatic rings. The van der Waals surface area contributed by atoms with E-state index in [1.54, 1.807) is 0 Å². The van der Waals surface area contributed by atoms with Gasteiger partial charge in [-0.25, -0.2) is 8.42 Å². The molecule has 1 heterocycles. The van der Waals surface area contributed by atoms with Crippen molar-refractivity contribution in [1.29, 1.82) is 0 Å². The normalized spacial score (nSPS) is 11.3. The minimum Gasteiger partial charge on any atom is -0.373 e. The van der Waals surface area contributed by atoms with E-state index in [9.17, 15) is 18.5 Å². The average molecular weight is 390 g/mol. The SMILES string of the molecule is CS(=O)(=O)c1cccc(NCc2nnc(-c3ccccc3)s2)c1[N+](=O)[O-]. The highest BCUT2D eigenvalue weighted by atomic mass is 32.2. The van der Waals surface area contributed by atoms with E-state index in [1.165, 1.54) is 29.5 Å². The second-order valence-electron chi connectivity index (χ2n) is 5.40. The van der Waals surface area contributed by atoms with Crippen molar-refractivity contribution in [1.82, 2.24) is 10.2 Å². The van der Waals surface area contributed by atoms with Gasteiger partial charge in [-0.3, -0.25) is 10.1 Å². The molecule has 0 aliphatic carbocycles. The van der Waals surface area contributed by atoms with Crippen molar-refractivity contribution in [2.75, 3.05) is 11.6 Å². The molecule has 1 aromatic heterocycles. The molecule has 0 aliphatic heterocycles. The van der Waals surface area contributed by atoms with Crippen LogP contribution in [-0.4, -0.2) is 29.8 Å². The van der Waals surface area contributed by atoms with E-state index in [1.807, 2.05) is 30.3 Å². The third kappa shape index (κ3) is 3.86. The van der Waals surface area contributed by atoms with Crippen LogP contribution in [0.2, 0.25) is 0 Å². The van der Waals surface area contributed by atoms with Gasteiger partial charge in [0.05, 0.1) is 11.5 Å². The number of sulfone groups is 1. The first-order valence-corrected chi connectivity index (χ1v) is 10.2. The highest BCUT2D eigenvalue weighted by Crippen LogP contribution is 2.32. The van der Waals surface area contributed by atoms with Gasteiger partial charge >= 0.3 is 5.69 Å². The van der Waals surface area contributed by atoms with Gasteiger partial charge in [0, 0.05) is 11.8 Å². The van der Waals surface area contributed by atoms with E-state index in [-0.39, 0.29) is 17.1 Å². The van der Waals surface area contributed by atoms with Crippen molar-refractivity contribution in [2.45, 2.75) is 11.4 Å². The maximum atomic E-state index is 11.8. The van der Waals surface area contributed by atoms with Gasteiger partial charge in [-0.15, -0.1) is 10.2 Å². The molecule has 0 unspecified atom stereocenters. The fraction of sp³-hybridized carbons (Fsp3) is 0.125. The fourth-order valence-electron chi connectivity index (χ4n) is 2.35. The second-order valence-corrected chi connectivity index (χ2v) is 8.45. The Hall–Kier alpha value is -2.85. The lowest BCUT2D eigenvalue weighted by Crippen LogP contribution is -2.07. The zero-order chi connectivity index (χ0) is 18.7. The van der Waals surface area contributed by atoms with Crippen LogP contribution in [0.1, 0.15) is 5.01 Å². The lowest BCUT2D eigenvalue weighted by molar-refractivity contribution is -0.386. The molecule has 0 radical (unpaired) electrons. The zero-order valence-corrected chi connectivity index (χ0v) is 15.3. The van der Waals surface area contributed by atoms with Crippen LogP contribution in [0.4, 0.5) is 11.4 Å². The quantitative estimate of drug-likeness (QED) is 0.508. The smallest absolute Gasteiger partial charge is 0.310 e. The van der Waals surface area contributed by atoms with Crippen molar-refractivity contribution in [3.8, 4) is 10.6 Å². The Morgan fingerprint density at radius 3 is 2.50 bits per heavy atom. The molecule has 0 atom stereocenters. The minimum absolute atomic E-state index is 0.120. The number of rotatable bonds is 6. The Morgan fingerprint density at radius 2 is 1.85 bits per heavy atom. The van der Waals surface area contributed by atoms with Crippen LogP contribution >= 0.6 is 11.3 Å². The number of nitrogens with zero attached hydrogens (tertiary/aromatic N) is 3. The second kappa shape index (κ2) is 7.18. The number of nitro groups is 1. The molecule has 26 heavy (non-hydrogen) atoms. The van der Waals surface area contributed by atoms with E-state index in [4.69, 9.17) is 0 Å². The maximum absolute atomic E-state index is 11.8. The minimum atomic E-state index is -3.72. The Bertz CT molecular complexity index is 1050. The standard InChI is InChI=1S/C16H14N4O4S2/c1-26(23,24)13-9-5-8-12(15(13)20(21)22)17-10-14-18-19-16(25-14)11-6-3-2-4-7-11/h2-9,17H,10H2,1H3. The molecule has 134 valence electrons. The van der Waals surface area contributed by atoms with Crippen LogP contribution in [0.5, 0.6) is 0 Å². The predicted molar refractivity (Wildman–Crippen MR) is 98.9 cm³/mol. The van der Waals surface area contributed by atoms with E-state index in [0.29, 0.717) is 5.01 Å². The number of anilines is 1. The van der Waals surface area contributed by atoms with Crippen LogP contribution < -0.4 is 5.32 Å². The van der Waals surface area contributed by atoms with Crippen molar-refractivity contribution < 1.29 is 13.3 Å². The first kappa shape index (κ1) is 18.0. The highest BCUT2D eigenvalue weighted by Gasteiger charge is 2.26. The van der Waals surface area contributed by atoms with Crippen molar-refractivity contribution in [3.63, 3.8) is 0 Å². The maximum Gasteiger partial charge on any atom is 0.310 e. The summed E-state index contributed by atoms with van der Waals surface area (Å²) in [4.78, 5) is 10.3. The van der Waals surface area contributed by atoms with Gasteiger partial charge in [0.2, 0.25) is 0 Å². The molecule has 0 saturated heterocycles. The van der Waals surface area contributed by atoms with Crippen LogP contribution in [0.25, 0.3) is 10.6 Å². The van der Waals surface area contributed by atoms with E-state index in [2.05, 4.69) is 15.5 Å². The monoisotopic (exact) mass is 390 g/mol. The van der Waals surface area contributed by atoms with Gasteiger partial charge < -0.3 is 5.32 Å². The lowest BCUT2D eigenvalue weighted by atomic mass is 10.2. The molecular formula is C16H14N4O4S2. The summed E-state index contributed by atoms with van der Waals surface area (Å²) in [5, 5.41) is 23.8. The van der Waals surface area contributed by atoms with Crippen LogP contribution in [0.15, 0.2) is 53.4 Å². The number of nitro benzene ring substituents is 1. The van der Waals surface area contributed by atoms with Gasteiger partial charge in [0.25, 0.3) is 0 Å². The van der Waals surface area contributed by atoms with Crippen molar-refractivity contribution >= 4 is 32.5 Å². The van der Waals surface area contributed by atoms with Crippen LogP contribution in [-0.2, 0) is 16.4 Å². The highest BCUT2D eigenvalue weighted by molar-refractivity contribution is 7.90. The molecule has 0 aliphatic rings. The summed E-state index contributed by atoms with van der Waals surface area (Å²) in [5.74, 6) is 0. The van der Waals surface area contributed by atoms with E-state index in [0.717, 1.165) is 16.8 Å². The summed E-state index contributed by atoms with van der Waals surface area (Å²) in [6.07, 6.45) is 0.940. The van der Waals surface area contributed by atoms with Crippen molar-refractivity contribution in [2.24, 2.45) is 0 Å². The summed E-state index contributed by atoms with van der Waals surface area (Å²) < 4.78 is 23.6. The molecule has 10 heteroatoms. The summed E-state index contributed by atoms with van der Waals surface area (Å²) >= 11 is 1.36. The number of aromatic nitrogens is 2. The fourth-order valence-corrected chi connectivity index (χ4v) is 3.99. The molecule has 3 rings (SSSR count). The van der Waals surface area contributed by atoms with Gasteiger partial charge in [0.1, 0.15) is 20.6 Å². The Morgan fingerprint density at radius 1 is 1.12 bits per heavy atom. The van der Waals surface area contributed by atoms with Crippen LogP contribution in [0.3, 0.4) is 0 Å². The van der Waals surface area contributed by atoms with E-state index >= 15 is 0 Å². The lowest BCUT2D eigenvalue weighted by Gasteiger charge is -2.08. The molecule has 8 nitrogen and oxygen atoms in total. The molecular weight excluding hydrogens is 376 g/mol. The number of benzene rings is 2. The molecule has 1 N–H and O–H groups in total. The molecule has 0 bridgehead atoms. The summed E-state index contributed by atoms with van der Waals surface area (Å²) in [5.41, 5.74) is 0.582. The third-order valence-electron chi connectivity index (χ3n) is 3.50. The summed E-state index contributed by atoms with van der Waals surface area (Å²) in [7, 11) is -3.72. The summed E-state index contributed by atoms with van der Waals surface area (Å²) in [6, 6.07) is 13.7. The number of hydrogen-bond acceptors (Lipinski definition) is 8. The largest absolute Gasteiger partial charge is 0.373 e. The average Bonchev–Trinajstić information content (AvgIpc) is 3.08. The first-order chi connectivity index (χ1) is 12.4. The Kier molecular flexibility index (Phi) is 4.96. The number of para-hydroxylation sites is 1. The number of hydrogen-bond donors (Lipinski definition) is 1. The number of nitrogens with one attached hydrogen (secondary N) is 1. The van der Waals surface area contributed by atoms with E-state index < -0.39 is 20.4 Å². The molecule has 0 saturated carbocycles. The Labute approximate surface area is 153 Å². The zero-order valence-electron chi connectivity index (χ0n) is 13.6. The van der Waals surface area contributed by atoms with Crippen molar-refractivity contribution in [3.05, 3.63) is 63.7 Å². The van der Waals surface area contributed by atoms with Gasteiger partial charge in [-0.2, -0.15) is 0 Å². The predicted octanol–water partition coefficient (Wildman–Crippen LogP) is 3.13. The van der Waals surface area contributed by atoms with Gasteiger partial charge in [-0.05, 0) is 12.1 Å². The molecule has 0 amide bonds. The molecule has 0 spiro atoms. The third-order valence-corrected chi connectivity index (χ3v) is 5.60. The Balaban J connectivity index is 1.85. The molecule has 2 aromatic carbocycles. The summed E-state index contributed by atoms with van der Waals surface area (Å²) in [6.45, 7) is 0.193. The van der Waals surface area contributed by atoms with Gasteiger partial charge in [-0.1, -0.05) is 47.7 Å². The van der Waals surface area contributed by atoms with Crippen LogP contribution in [0, 0.1) is 10.1 Å².